The van der Waals surface area contributed by atoms with Gasteiger partial charge in [0.15, 0.2) is 0 Å². The Labute approximate surface area is 171 Å². The Morgan fingerprint density at radius 3 is 2.67 bits per heavy atom. The number of benzene rings is 2. The number of amides is 1. The largest absolute Gasteiger partial charge is 0.489 e. The molecule has 30 heavy (non-hydrogen) atoms. The van der Waals surface area contributed by atoms with Crippen molar-refractivity contribution in [1.82, 2.24) is 4.98 Å². The number of fused-ring (bicyclic) bond motifs is 1. The average Bonchev–Trinajstić information content (AvgIpc) is 3.32. The molecule has 0 radical (unpaired) electrons. The van der Waals surface area contributed by atoms with Gasteiger partial charge in [0, 0.05) is 17.1 Å². The predicted octanol–water partition coefficient (Wildman–Crippen LogP) is 5.83. The van der Waals surface area contributed by atoms with Gasteiger partial charge in [0.25, 0.3) is 5.91 Å². The molecule has 1 aromatic heterocycles. The van der Waals surface area contributed by atoms with Gasteiger partial charge in [0.2, 0.25) is 0 Å². The summed E-state index contributed by atoms with van der Waals surface area (Å²) >= 11 is 0. The number of aromatic amines is 1. The minimum Gasteiger partial charge on any atom is -0.489 e. The standard InChI is InChI=1S/C23H19F3N2O2/c1-14-2-5-16(10-14)22(29)28-21-12-27-20-9-8-18(11-19(20)21)30-13-15-3-6-17(7-4-15)23(24,25)26/h2-4,6-9,11-12,14,27H,10,13H2,1H3,(H,28,29)/t14-/m1/s1. The number of ether oxygens (including phenoxy) is 1. The Morgan fingerprint density at radius 2 is 2.00 bits per heavy atom. The van der Waals surface area contributed by atoms with Crippen LogP contribution in [0.2, 0.25) is 0 Å². The molecule has 0 fully saturated rings. The number of hydrogen-bond acceptors (Lipinski definition) is 2. The third-order valence-corrected chi connectivity index (χ3v) is 4.93. The van der Waals surface area contributed by atoms with E-state index < -0.39 is 11.7 Å². The average molecular weight is 412 g/mol. The van der Waals surface area contributed by atoms with Crippen LogP contribution in [0, 0.1) is 5.92 Å². The molecule has 2 N–H and O–H groups in total. The van der Waals surface area contributed by atoms with Crippen molar-refractivity contribution in [2.45, 2.75) is 26.1 Å². The summed E-state index contributed by atoms with van der Waals surface area (Å²) in [6.45, 7) is 2.16. The molecular weight excluding hydrogens is 393 g/mol. The van der Waals surface area contributed by atoms with Gasteiger partial charge in [0.1, 0.15) is 12.4 Å². The Kier molecular flexibility index (Phi) is 5.14. The van der Waals surface area contributed by atoms with E-state index in [0.717, 1.165) is 23.0 Å². The maximum atomic E-state index is 12.7. The highest BCUT2D eigenvalue weighted by Crippen LogP contribution is 2.30. The molecule has 0 spiro atoms. The molecule has 0 bridgehead atoms. The van der Waals surface area contributed by atoms with E-state index in [1.54, 1.807) is 18.3 Å². The lowest BCUT2D eigenvalue weighted by atomic mass is 10.1. The van der Waals surface area contributed by atoms with Crippen molar-refractivity contribution in [2.75, 3.05) is 5.32 Å². The number of hydrogen-bond donors (Lipinski definition) is 2. The normalized spacial score (nSPS) is 16.0. The molecule has 4 nitrogen and oxygen atoms in total. The van der Waals surface area contributed by atoms with E-state index in [1.807, 2.05) is 19.1 Å². The second-order valence-electron chi connectivity index (χ2n) is 7.32. The molecule has 2 aromatic carbocycles. The molecule has 0 saturated heterocycles. The zero-order valence-electron chi connectivity index (χ0n) is 16.1. The van der Waals surface area contributed by atoms with E-state index in [-0.39, 0.29) is 12.5 Å². The fraction of sp³-hybridized carbons (Fsp3) is 0.217. The van der Waals surface area contributed by atoms with Crippen LogP contribution in [-0.4, -0.2) is 10.9 Å². The van der Waals surface area contributed by atoms with Crippen molar-refractivity contribution in [1.29, 1.82) is 0 Å². The Hall–Kier alpha value is -3.44. The molecule has 1 aliphatic carbocycles. The Bertz CT molecular complexity index is 1150. The first-order chi connectivity index (χ1) is 14.3. The summed E-state index contributed by atoms with van der Waals surface area (Å²) in [7, 11) is 0. The van der Waals surface area contributed by atoms with Crippen LogP contribution in [0.15, 0.2) is 66.0 Å². The maximum Gasteiger partial charge on any atom is 0.416 e. The first kappa shape index (κ1) is 19.9. The predicted molar refractivity (Wildman–Crippen MR) is 108 cm³/mol. The summed E-state index contributed by atoms with van der Waals surface area (Å²) in [5.74, 6) is 0.664. The van der Waals surface area contributed by atoms with Crippen LogP contribution in [-0.2, 0) is 17.6 Å². The molecule has 1 heterocycles. The molecular formula is C23H19F3N2O2. The molecule has 3 aromatic rings. The highest BCUT2D eigenvalue weighted by Gasteiger charge is 2.29. The van der Waals surface area contributed by atoms with Crippen molar-refractivity contribution in [3.8, 4) is 5.75 Å². The fourth-order valence-electron chi connectivity index (χ4n) is 3.29. The summed E-state index contributed by atoms with van der Waals surface area (Å²) in [5.41, 5.74) is 5.01. The zero-order chi connectivity index (χ0) is 21.3. The summed E-state index contributed by atoms with van der Waals surface area (Å²) < 4.78 is 43.7. The monoisotopic (exact) mass is 412 g/mol. The summed E-state index contributed by atoms with van der Waals surface area (Å²) in [4.78, 5) is 15.5. The van der Waals surface area contributed by atoms with Crippen molar-refractivity contribution in [3.05, 3.63) is 77.2 Å². The smallest absolute Gasteiger partial charge is 0.416 e. The van der Waals surface area contributed by atoms with E-state index in [0.29, 0.717) is 34.9 Å². The number of anilines is 1. The van der Waals surface area contributed by atoms with Crippen LogP contribution < -0.4 is 10.1 Å². The quantitative estimate of drug-likeness (QED) is 0.519. The summed E-state index contributed by atoms with van der Waals surface area (Å²) in [5, 5.41) is 3.68. The van der Waals surface area contributed by atoms with Crippen molar-refractivity contribution < 1.29 is 22.7 Å². The number of nitrogens with one attached hydrogen (secondary N) is 2. The van der Waals surface area contributed by atoms with Crippen molar-refractivity contribution in [3.63, 3.8) is 0 Å². The molecule has 0 saturated carbocycles. The third kappa shape index (κ3) is 4.26. The van der Waals surface area contributed by atoms with Gasteiger partial charge in [-0.25, -0.2) is 0 Å². The second kappa shape index (κ2) is 7.76. The SMILES string of the molecule is C[C@@H]1C=C=C(C(=O)Nc2c[nH]c3ccc(OCc4ccc(C(F)(F)F)cc4)cc23)C1. The first-order valence-corrected chi connectivity index (χ1v) is 9.47. The maximum absolute atomic E-state index is 12.7. The summed E-state index contributed by atoms with van der Waals surface area (Å²) in [6, 6.07) is 10.2. The lowest BCUT2D eigenvalue weighted by molar-refractivity contribution is -0.137. The minimum atomic E-state index is -4.36. The van der Waals surface area contributed by atoms with Gasteiger partial charge in [-0.15, -0.1) is 5.73 Å². The molecule has 1 atom stereocenters. The number of carbonyl (C=O) groups excluding carboxylic acids is 1. The van der Waals surface area contributed by atoms with E-state index in [2.05, 4.69) is 16.0 Å². The van der Waals surface area contributed by atoms with Gasteiger partial charge in [-0.2, -0.15) is 13.2 Å². The summed E-state index contributed by atoms with van der Waals surface area (Å²) in [6.07, 6.45) is -0.0974. The van der Waals surface area contributed by atoms with Crippen LogP contribution in [0.5, 0.6) is 5.75 Å². The van der Waals surface area contributed by atoms with Crippen LogP contribution in [0.3, 0.4) is 0 Å². The number of carbonyl (C=O) groups is 1. The number of alkyl halides is 3. The third-order valence-electron chi connectivity index (χ3n) is 4.93. The van der Waals surface area contributed by atoms with E-state index in [9.17, 15) is 18.0 Å². The Morgan fingerprint density at radius 1 is 1.23 bits per heavy atom. The van der Waals surface area contributed by atoms with Gasteiger partial charge >= 0.3 is 6.18 Å². The minimum absolute atomic E-state index is 0.130. The van der Waals surface area contributed by atoms with Crippen LogP contribution in [0.25, 0.3) is 10.9 Å². The number of halogens is 3. The van der Waals surface area contributed by atoms with E-state index in [4.69, 9.17) is 4.74 Å². The molecule has 1 aliphatic rings. The Balaban J connectivity index is 1.46. The van der Waals surface area contributed by atoms with Gasteiger partial charge in [-0.3, -0.25) is 4.79 Å². The number of rotatable bonds is 5. The van der Waals surface area contributed by atoms with Crippen molar-refractivity contribution >= 4 is 22.5 Å². The zero-order valence-corrected chi connectivity index (χ0v) is 16.1. The fourth-order valence-corrected chi connectivity index (χ4v) is 3.29. The van der Waals surface area contributed by atoms with Gasteiger partial charge < -0.3 is 15.0 Å². The molecule has 7 heteroatoms. The highest BCUT2D eigenvalue weighted by atomic mass is 19.4. The van der Waals surface area contributed by atoms with Crippen LogP contribution in [0.4, 0.5) is 18.9 Å². The molecule has 154 valence electrons. The topological polar surface area (TPSA) is 54.1 Å². The highest BCUT2D eigenvalue weighted by molar-refractivity contribution is 6.08. The van der Waals surface area contributed by atoms with Crippen LogP contribution >= 0.6 is 0 Å². The second-order valence-corrected chi connectivity index (χ2v) is 7.32. The molecule has 0 unspecified atom stereocenters. The number of aromatic nitrogens is 1. The lowest BCUT2D eigenvalue weighted by Crippen LogP contribution is -2.13. The van der Waals surface area contributed by atoms with E-state index >= 15 is 0 Å². The first-order valence-electron chi connectivity index (χ1n) is 9.47. The van der Waals surface area contributed by atoms with Gasteiger partial charge in [-0.1, -0.05) is 19.1 Å². The lowest BCUT2D eigenvalue weighted by Gasteiger charge is -2.10. The molecule has 0 aliphatic heterocycles. The van der Waals surface area contributed by atoms with Crippen LogP contribution in [0.1, 0.15) is 24.5 Å². The molecule has 1 amide bonds. The number of H-pyrrole nitrogens is 1. The molecule has 4 rings (SSSR count). The van der Waals surface area contributed by atoms with Crippen molar-refractivity contribution in [2.24, 2.45) is 5.92 Å². The van der Waals surface area contributed by atoms with Gasteiger partial charge in [-0.05, 0) is 54.3 Å². The van der Waals surface area contributed by atoms with Gasteiger partial charge in [0.05, 0.1) is 16.8 Å². The van der Waals surface area contributed by atoms with E-state index in [1.165, 1.54) is 12.1 Å².